The number of hydrogen-bond donors (Lipinski definition) is 0. The Kier molecular flexibility index (Phi) is 4.48. The van der Waals surface area contributed by atoms with Crippen molar-refractivity contribution in [1.82, 2.24) is 4.98 Å². The highest BCUT2D eigenvalue weighted by atomic mass is 19.4. The largest absolute Gasteiger partial charge is 0.468 e. The zero-order valence-electron chi connectivity index (χ0n) is 11.9. The van der Waals surface area contributed by atoms with Gasteiger partial charge in [0.05, 0.1) is 5.69 Å². The molecule has 1 aromatic heterocycles. The molecule has 5 heteroatoms. The second-order valence-corrected chi connectivity index (χ2v) is 5.93. The maximum atomic E-state index is 12.2. The number of aromatic nitrogens is 1. The van der Waals surface area contributed by atoms with Crippen LogP contribution >= 0.6 is 0 Å². The molecule has 0 saturated carbocycles. The molecule has 2 nitrogen and oxygen atoms in total. The minimum Gasteiger partial charge on any atom is -0.468 e. The van der Waals surface area contributed by atoms with Crippen molar-refractivity contribution in [3.63, 3.8) is 0 Å². The van der Waals surface area contributed by atoms with Crippen LogP contribution in [0, 0.1) is 0 Å². The number of alkyl halides is 3. The topological polar surface area (TPSA) is 22.1 Å². The first kappa shape index (κ1) is 15.8. The normalized spacial score (nSPS) is 12.9. The van der Waals surface area contributed by atoms with Crippen molar-refractivity contribution in [1.29, 1.82) is 0 Å². The van der Waals surface area contributed by atoms with Gasteiger partial charge >= 0.3 is 6.18 Å². The molecule has 1 rings (SSSR count). The molecule has 0 bridgehead atoms. The van der Waals surface area contributed by atoms with Crippen molar-refractivity contribution >= 4 is 0 Å². The molecular weight excluding hydrogens is 255 g/mol. The summed E-state index contributed by atoms with van der Waals surface area (Å²) in [6.07, 6.45) is -4.35. The van der Waals surface area contributed by atoms with E-state index in [-0.39, 0.29) is 17.2 Å². The molecule has 0 aliphatic heterocycles. The van der Waals surface area contributed by atoms with E-state index in [1.54, 1.807) is 6.07 Å². The van der Waals surface area contributed by atoms with Crippen LogP contribution in [-0.2, 0) is 5.41 Å². The van der Waals surface area contributed by atoms with Crippen molar-refractivity contribution in [2.45, 2.75) is 52.1 Å². The van der Waals surface area contributed by atoms with E-state index in [0.717, 1.165) is 11.3 Å². The molecule has 0 aliphatic rings. The lowest BCUT2D eigenvalue weighted by molar-refractivity contribution is -0.154. The molecule has 108 valence electrons. The van der Waals surface area contributed by atoms with Gasteiger partial charge in [-0.05, 0) is 17.5 Å². The maximum absolute atomic E-state index is 12.2. The van der Waals surface area contributed by atoms with E-state index in [1.165, 1.54) is 0 Å². The number of halogens is 3. The van der Waals surface area contributed by atoms with Gasteiger partial charge in [-0.1, -0.05) is 34.6 Å². The molecule has 0 aromatic carbocycles. The Labute approximate surface area is 112 Å². The second-order valence-electron chi connectivity index (χ2n) is 5.93. The zero-order valence-corrected chi connectivity index (χ0v) is 11.9. The first-order chi connectivity index (χ1) is 8.49. The predicted molar refractivity (Wildman–Crippen MR) is 68.6 cm³/mol. The summed E-state index contributed by atoms with van der Waals surface area (Å²) in [5.74, 6) is 0.241. The summed E-state index contributed by atoms with van der Waals surface area (Å²) in [5.41, 5.74) is 1.43. The molecule has 0 saturated heterocycles. The third-order valence-electron chi connectivity index (χ3n) is 2.64. The molecule has 0 aliphatic carbocycles. The fourth-order valence-electron chi connectivity index (χ4n) is 1.47. The summed E-state index contributed by atoms with van der Waals surface area (Å²) in [6, 6.07) is 3.50. The van der Waals surface area contributed by atoms with Gasteiger partial charge < -0.3 is 4.74 Å². The minimum atomic E-state index is -4.35. The molecule has 0 radical (unpaired) electrons. The van der Waals surface area contributed by atoms with Crippen LogP contribution in [0.15, 0.2) is 12.1 Å². The van der Waals surface area contributed by atoms with E-state index in [2.05, 4.69) is 4.98 Å². The highest BCUT2D eigenvalue weighted by Gasteiger charge is 2.29. The van der Waals surface area contributed by atoms with Crippen LogP contribution in [0.2, 0.25) is 0 Å². The quantitative estimate of drug-likeness (QED) is 0.813. The van der Waals surface area contributed by atoms with E-state index in [9.17, 15) is 13.2 Å². The van der Waals surface area contributed by atoms with Crippen LogP contribution in [0.25, 0.3) is 0 Å². The van der Waals surface area contributed by atoms with Crippen molar-refractivity contribution < 1.29 is 17.9 Å². The van der Waals surface area contributed by atoms with Crippen molar-refractivity contribution in [2.75, 3.05) is 6.61 Å². The number of rotatable bonds is 3. The van der Waals surface area contributed by atoms with Crippen LogP contribution in [0.3, 0.4) is 0 Å². The Morgan fingerprint density at radius 3 is 2.16 bits per heavy atom. The van der Waals surface area contributed by atoms with Gasteiger partial charge in [0, 0.05) is 11.5 Å². The van der Waals surface area contributed by atoms with Crippen LogP contribution in [0.4, 0.5) is 13.2 Å². The monoisotopic (exact) mass is 275 g/mol. The fraction of sp³-hybridized carbons (Fsp3) is 0.643. The molecule has 0 fully saturated rings. The average molecular weight is 275 g/mol. The third-order valence-corrected chi connectivity index (χ3v) is 2.64. The van der Waals surface area contributed by atoms with Gasteiger partial charge in [-0.2, -0.15) is 13.2 Å². The highest BCUT2D eigenvalue weighted by Crippen LogP contribution is 2.28. The average Bonchev–Trinajstić information content (AvgIpc) is 2.23. The van der Waals surface area contributed by atoms with E-state index >= 15 is 0 Å². The van der Waals surface area contributed by atoms with E-state index in [4.69, 9.17) is 4.74 Å². The van der Waals surface area contributed by atoms with Gasteiger partial charge in [0.15, 0.2) is 6.61 Å². The Bertz CT molecular complexity index is 433. The lowest BCUT2D eigenvalue weighted by Gasteiger charge is -2.21. The maximum Gasteiger partial charge on any atom is 0.422 e. The summed E-state index contributed by atoms with van der Waals surface area (Å²) in [7, 11) is 0. The predicted octanol–water partition coefficient (Wildman–Crippen LogP) is 4.44. The van der Waals surface area contributed by atoms with Gasteiger partial charge in [0.25, 0.3) is 0 Å². The van der Waals surface area contributed by atoms with Gasteiger partial charge in [0.1, 0.15) is 0 Å². The van der Waals surface area contributed by atoms with E-state index < -0.39 is 12.8 Å². The molecule has 1 heterocycles. The molecule has 0 amide bonds. The summed E-state index contributed by atoms with van der Waals surface area (Å²) < 4.78 is 41.3. The number of pyridine rings is 1. The molecule has 1 aromatic rings. The Hall–Kier alpha value is -1.26. The van der Waals surface area contributed by atoms with Gasteiger partial charge in [0.2, 0.25) is 5.88 Å². The summed E-state index contributed by atoms with van der Waals surface area (Å²) in [4.78, 5) is 4.17. The molecule has 0 atom stereocenters. The first-order valence-electron chi connectivity index (χ1n) is 6.21. The molecule has 0 spiro atoms. The second kappa shape index (κ2) is 5.39. The molecule has 0 N–H and O–H groups in total. The van der Waals surface area contributed by atoms with Gasteiger partial charge in [-0.3, -0.25) is 0 Å². The summed E-state index contributed by atoms with van der Waals surface area (Å²) in [5, 5.41) is 0. The molecular formula is C14H20F3NO. The summed E-state index contributed by atoms with van der Waals surface area (Å²) >= 11 is 0. The minimum absolute atomic E-state index is 0.0356. The standard InChI is InChI=1S/C14H20F3NO/c1-9(2)10-6-11(13(3,4)5)18-12(7-10)19-8-14(15,16)17/h6-7,9H,8H2,1-5H3. The molecule has 19 heavy (non-hydrogen) atoms. The van der Waals surface area contributed by atoms with E-state index in [1.807, 2.05) is 40.7 Å². The van der Waals surface area contributed by atoms with Crippen LogP contribution < -0.4 is 4.74 Å². The lowest BCUT2D eigenvalue weighted by Crippen LogP contribution is -2.21. The van der Waals surface area contributed by atoms with E-state index in [0.29, 0.717) is 0 Å². The van der Waals surface area contributed by atoms with Gasteiger partial charge in [-0.15, -0.1) is 0 Å². The third kappa shape index (κ3) is 5.09. The van der Waals surface area contributed by atoms with Crippen molar-refractivity contribution in [3.05, 3.63) is 23.4 Å². The van der Waals surface area contributed by atoms with Crippen LogP contribution in [0.5, 0.6) is 5.88 Å². The molecule has 0 unspecified atom stereocenters. The summed E-state index contributed by atoms with van der Waals surface area (Å²) in [6.45, 7) is 8.54. The van der Waals surface area contributed by atoms with Gasteiger partial charge in [-0.25, -0.2) is 4.98 Å². The highest BCUT2D eigenvalue weighted by molar-refractivity contribution is 5.30. The number of hydrogen-bond acceptors (Lipinski definition) is 2. The lowest BCUT2D eigenvalue weighted by atomic mass is 9.89. The SMILES string of the molecule is CC(C)c1cc(OCC(F)(F)F)nc(C(C)(C)C)c1. The smallest absolute Gasteiger partial charge is 0.422 e. The Balaban J connectivity index is 3.07. The number of nitrogens with zero attached hydrogens (tertiary/aromatic N) is 1. The van der Waals surface area contributed by atoms with Crippen LogP contribution in [-0.4, -0.2) is 17.8 Å². The number of ether oxygens (including phenoxy) is 1. The van der Waals surface area contributed by atoms with Crippen LogP contribution in [0.1, 0.15) is 51.8 Å². The van der Waals surface area contributed by atoms with Crippen molar-refractivity contribution in [3.8, 4) is 5.88 Å². The zero-order chi connectivity index (χ0) is 14.8. The van der Waals surface area contributed by atoms with Crippen molar-refractivity contribution in [2.24, 2.45) is 0 Å². The Morgan fingerprint density at radius 2 is 1.74 bits per heavy atom. The first-order valence-corrected chi connectivity index (χ1v) is 6.21. The fourth-order valence-corrected chi connectivity index (χ4v) is 1.47. The Morgan fingerprint density at radius 1 is 1.16 bits per heavy atom.